The number of aromatic nitrogens is 4. The quantitative estimate of drug-likeness (QED) is 0.772. The van der Waals surface area contributed by atoms with Crippen molar-refractivity contribution in [1.29, 1.82) is 0 Å². The summed E-state index contributed by atoms with van der Waals surface area (Å²) in [4.78, 5) is 0.208. The molecule has 7 nitrogen and oxygen atoms in total. The number of hydrogen-bond donors (Lipinski definition) is 1. The molecule has 1 aromatic carbocycles. The van der Waals surface area contributed by atoms with E-state index in [0.29, 0.717) is 25.9 Å². The van der Waals surface area contributed by atoms with Gasteiger partial charge >= 0.3 is 0 Å². The fourth-order valence-electron chi connectivity index (χ4n) is 3.35. The summed E-state index contributed by atoms with van der Waals surface area (Å²) in [5.41, 5.74) is 4.24. The molecule has 25 heavy (non-hydrogen) atoms. The van der Waals surface area contributed by atoms with Crippen LogP contribution in [0.5, 0.6) is 0 Å². The fraction of sp³-hybridized carbons (Fsp3) is 0.294. The summed E-state index contributed by atoms with van der Waals surface area (Å²) in [6, 6.07) is 10.0. The zero-order valence-corrected chi connectivity index (χ0v) is 14.7. The minimum absolute atomic E-state index is 0.208. The lowest BCUT2D eigenvalue weighted by Gasteiger charge is -2.18. The van der Waals surface area contributed by atoms with E-state index in [1.165, 1.54) is 16.7 Å². The molecule has 1 aliphatic rings. The first-order valence-corrected chi connectivity index (χ1v) is 9.60. The standard InChI is InChI=1S/C17H19N5O2S/c1-21-16-8-10-22(25(23,24)14-11-18-19-12-14)9-7-15(16)17(20-21)13-5-3-2-4-6-13/h2-6,11-12H,7-10H2,1H3,(H,18,19). The molecule has 4 rings (SSSR count). The first kappa shape index (κ1) is 16.0. The molecule has 0 fully saturated rings. The first-order valence-electron chi connectivity index (χ1n) is 8.16. The Hall–Kier alpha value is -2.45. The largest absolute Gasteiger partial charge is 0.284 e. The van der Waals surface area contributed by atoms with Crippen molar-refractivity contribution < 1.29 is 8.42 Å². The number of H-pyrrole nitrogens is 1. The molecule has 0 saturated heterocycles. The predicted octanol–water partition coefficient (Wildman–Crippen LogP) is 1.60. The molecule has 0 unspecified atom stereocenters. The Kier molecular flexibility index (Phi) is 3.93. The van der Waals surface area contributed by atoms with Gasteiger partial charge in [-0.05, 0) is 6.42 Å². The van der Waals surface area contributed by atoms with Crippen molar-refractivity contribution in [2.75, 3.05) is 13.1 Å². The minimum Gasteiger partial charge on any atom is -0.284 e. The number of nitrogens with zero attached hydrogens (tertiary/aromatic N) is 4. The smallest absolute Gasteiger partial charge is 0.246 e. The highest BCUT2D eigenvalue weighted by Gasteiger charge is 2.30. The lowest BCUT2D eigenvalue weighted by Crippen LogP contribution is -2.33. The number of fused-ring (bicyclic) bond motifs is 1. The topological polar surface area (TPSA) is 83.9 Å². The van der Waals surface area contributed by atoms with Gasteiger partial charge in [-0.2, -0.15) is 14.5 Å². The van der Waals surface area contributed by atoms with Crippen molar-refractivity contribution in [3.05, 3.63) is 54.0 Å². The van der Waals surface area contributed by atoms with Gasteiger partial charge in [0, 0.05) is 49.6 Å². The fourth-order valence-corrected chi connectivity index (χ4v) is 4.70. The van der Waals surface area contributed by atoms with Gasteiger partial charge in [-0.15, -0.1) is 0 Å². The van der Waals surface area contributed by atoms with Crippen LogP contribution in [0.4, 0.5) is 0 Å². The lowest BCUT2D eigenvalue weighted by molar-refractivity contribution is 0.424. The average molecular weight is 357 g/mol. The number of hydrogen-bond acceptors (Lipinski definition) is 4. The monoisotopic (exact) mass is 357 g/mol. The van der Waals surface area contributed by atoms with E-state index in [1.807, 2.05) is 42.1 Å². The number of rotatable bonds is 3. The highest BCUT2D eigenvalue weighted by Crippen LogP contribution is 2.29. The Bertz CT molecular complexity index is 978. The highest BCUT2D eigenvalue weighted by atomic mass is 32.2. The Morgan fingerprint density at radius 1 is 1.12 bits per heavy atom. The van der Waals surface area contributed by atoms with Gasteiger partial charge in [0.15, 0.2) is 0 Å². The number of aryl methyl sites for hydroxylation is 1. The van der Waals surface area contributed by atoms with Crippen molar-refractivity contribution in [2.45, 2.75) is 17.7 Å². The van der Waals surface area contributed by atoms with Gasteiger partial charge in [0.2, 0.25) is 10.0 Å². The van der Waals surface area contributed by atoms with E-state index in [2.05, 4.69) is 15.3 Å². The van der Waals surface area contributed by atoms with Crippen LogP contribution < -0.4 is 0 Å². The van der Waals surface area contributed by atoms with Crippen molar-refractivity contribution in [2.24, 2.45) is 7.05 Å². The molecule has 0 amide bonds. The number of sulfonamides is 1. The molecule has 3 heterocycles. The highest BCUT2D eigenvalue weighted by molar-refractivity contribution is 7.89. The van der Waals surface area contributed by atoms with Gasteiger partial charge in [-0.1, -0.05) is 30.3 Å². The maximum Gasteiger partial charge on any atom is 0.246 e. The lowest BCUT2D eigenvalue weighted by atomic mass is 10.0. The van der Waals surface area contributed by atoms with Crippen molar-refractivity contribution >= 4 is 10.0 Å². The van der Waals surface area contributed by atoms with E-state index >= 15 is 0 Å². The van der Waals surface area contributed by atoms with Gasteiger partial charge in [-0.25, -0.2) is 8.42 Å². The van der Waals surface area contributed by atoms with Crippen LogP contribution in [-0.4, -0.2) is 45.8 Å². The van der Waals surface area contributed by atoms with Crippen LogP contribution in [-0.2, 0) is 29.9 Å². The van der Waals surface area contributed by atoms with Crippen molar-refractivity contribution in [1.82, 2.24) is 24.3 Å². The van der Waals surface area contributed by atoms with Gasteiger partial charge in [-0.3, -0.25) is 9.78 Å². The van der Waals surface area contributed by atoms with Gasteiger partial charge < -0.3 is 0 Å². The summed E-state index contributed by atoms with van der Waals surface area (Å²) in [6.45, 7) is 0.875. The summed E-state index contributed by atoms with van der Waals surface area (Å²) < 4.78 is 28.9. The van der Waals surface area contributed by atoms with Crippen molar-refractivity contribution in [3.8, 4) is 11.3 Å². The molecule has 1 N–H and O–H groups in total. The zero-order valence-electron chi connectivity index (χ0n) is 13.9. The molecule has 0 aliphatic carbocycles. The summed E-state index contributed by atoms with van der Waals surface area (Å²) in [5, 5.41) is 11.0. The molecule has 0 atom stereocenters. The van der Waals surface area contributed by atoms with E-state index in [1.54, 1.807) is 0 Å². The number of nitrogens with one attached hydrogen (secondary N) is 1. The van der Waals surface area contributed by atoms with E-state index in [0.717, 1.165) is 22.5 Å². The molecule has 3 aromatic rings. The average Bonchev–Trinajstić information content (AvgIpc) is 3.19. The number of aromatic amines is 1. The molecule has 1 aliphatic heterocycles. The maximum atomic E-state index is 12.8. The first-order chi connectivity index (χ1) is 12.1. The molecule has 0 bridgehead atoms. The molecular weight excluding hydrogens is 338 g/mol. The Morgan fingerprint density at radius 2 is 1.88 bits per heavy atom. The maximum absolute atomic E-state index is 12.8. The van der Waals surface area contributed by atoms with E-state index in [-0.39, 0.29) is 4.90 Å². The third kappa shape index (κ3) is 2.77. The second kappa shape index (κ2) is 6.12. The van der Waals surface area contributed by atoms with Crippen LogP contribution in [0.15, 0.2) is 47.6 Å². The normalized spacial score (nSPS) is 15.7. The summed E-state index contributed by atoms with van der Waals surface area (Å²) in [5.74, 6) is 0. The van der Waals surface area contributed by atoms with Gasteiger partial charge in [0.05, 0.1) is 11.9 Å². The van der Waals surface area contributed by atoms with Crippen LogP contribution in [0.3, 0.4) is 0 Å². The van der Waals surface area contributed by atoms with Crippen molar-refractivity contribution in [3.63, 3.8) is 0 Å². The van der Waals surface area contributed by atoms with Gasteiger partial charge in [0.25, 0.3) is 0 Å². The second-order valence-corrected chi connectivity index (χ2v) is 8.04. The van der Waals surface area contributed by atoms with Crippen LogP contribution >= 0.6 is 0 Å². The summed E-state index contributed by atoms with van der Waals surface area (Å²) in [7, 11) is -1.60. The number of benzene rings is 1. The third-order valence-electron chi connectivity index (χ3n) is 4.64. The van der Waals surface area contributed by atoms with Crippen LogP contribution in [0, 0.1) is 0 Å². The van der Waals surface area contributed by atoms with E-state index in [4.69, 9.17) is 0 Å². The van der Waals surface area contributed by atoms with Gasteiger partial charge in [0.1, 0.15) is 4.90 Å². The molecule has 2 aromatic heterocycles. The summed E-state index contributed by atoms with van der Waals surface area (Å²) in [6.07, 6.45) is 4.06. The third-order valence-corrected chi connectivity index (χ3v) is 6.51. The molecule has 0 radical (unpaired) electrons. The zero-order chi connectivity index (χ0) is 17.4. The molecule has 0 saturated carbocycles. The second-order valence-electron chi connectivity index (χ2n) is 6.10. The molecule has 0 spiro atoms. The van der Waals surface area contributed by atoms with E-state index < -0.39 is 10.0 Å². The van der Waals surface area contributed by atoms with Crippen LogP contribution in [0.1, 0.15) is 11.3 Å². The minimum atomic E-state index is -3.52. The Morgan fingerprint density at radius 3 is 2.60 bits per heavy atom. The molecule has 130 valence electrons. The van der Waals surface area contributed by atoms with Crippen LogP contribution in [0.25, 0.3) is 11.3 Å². The van der Waals surface area contributed by atoms with E-state index in [9.17, 15) is 8.42 Å². The SMILES string of the molecule is Cn1nc(-c2ccccc2)c2c1CCN(S(=O)(=O)c1cn[nH]c1)CC2. The van der Waals surface area contributed by atoms with Crippen LogP contribution in [0.2, 0.25) is 0 Å². The molecular formula is C17H19N5O2S. The predicted molar refractivity (Wildman–Crippen MR) is 93.4 cm³/mol. The molecule has 8 heteroatoms. The Labute approximate surface area is 146 Å². The Balaban J connectivity index is 1.67. The summed E-state index contributed by atoms with van der Waals surface area (Å²) >= 11 is 0.